The van der Waals surface area contributed by atoms with E-state index in [1.165, 1.54) is 63.9 Å². The molecule has 3 nitrogen and oxygen atoms in total. The van der Waals surface area contributed by atoms with E-state index in [-0.39, 0.29) is 0 Å². The highest BCUT2D eigenvalue weighted by Gasteiger charge is 2.20. The zero-order valence-electron chi connectivity index (χ0n) is 15.5. The smallest absolute Gasteiger partial charge is 0.328 e. The van der Waals surface area contributed by atoms with Gasteiger partial charge in [0.1, 0.15) is 5.76 Å². The highest BCUT2D eigenvalue weighted by molar-refractivity contribution is 5.80. The minimum atomic E-state index is -0.939. The maximum Gasteiger partial charge on any atom is 0.328 e. The van der Waals surface area contributed by atoms with E-state index in [1.54, 1.807) is 12.2 Å². The summed E-state index contributed by atoms with van der Waals surface area (Å²) >= 11 is 0. The molecule has 25 heavy (non-hydrogen) atoms. The molecule has 0 radical (unpaired) electrons. The predicted octanol–water partition coefficient (Wildman–Crippen LogP) is 6.46. The van der Waals surface area contributed by atoms with Crippen LogP contribution in [0.5, 0.6) is 0 Å². The molecular weight excluding hydrogens is 312 g/mol. The van der Waals surface area contributed by atoms with Crippen molar-refractivity contribution in [3.05, 3.63) is 60.1 Å². The van der Waals surface area contributed by atoms with E-state index in [4.69, 9.17) is 9.84 Å². The lowest BCUT2D eigenvalue weighted by molar-refractivity contribution is -0.131. The second kappa shape index (κ2) is 14.3. The van der Waals surface area contributed by atoms with Gasteiger partial charge in [-0.05, 0) is 12.5 Å². The van der Waals surface area contributed by atoms with Crippen LogP contribution in [0.1, 0.15) is 71.1 Å². The van der Waals surface area contributed by atoms with Gasteiger partial charge in [0.25, 0.3) is 0 Å². The van der Waals surface area contributed by atoms with Gasteiger partial charge in [-0.25, -0.2) is 4.79 Å². The Morgan fingerprint density at radius 3 is 2.04 bits per heavy atom. The molecule has 0 atom stereocenters. The first-order valence-corrected chi connectivity index (χ1v) is 9.56. The van der Waals surface area contributed by atoms with Crippen molar-refractivity contribution in [3.8, 4) is 0 Å². The third kappa shape index (κ3) is 13.0. The van der Waals surface area contributed by atoms with Crippen LogP contribution in [-0.2, 0) is 9.53 Å². The van der Waals surface area contributed by atoms with E-state index in [0.29, 0.717) is 0 Å². The first kappa shape index (κ1) is 21.0. The van der Waals surface area contributed by atoms with Crippen LogP contribution in [0.2, 0.25) is 0 Å². The van der Waals surface area contributed by atoms with Gasteiger partial charge in [0, 0.05) is 12.5 Å². The molecule has 0 spiro atoms. The molecule has 0 amide bonds. The van der Waals surface area contributed by atoms with Crippen molar-refractivity contribution >= 4 is 5.97 Å². The Hall–Kier alpha value is -2.03. The molecule has 0 aromatic rings. The summed E-state index contributed by atoms with van der Waals surface area (Å²) in [5.41, 5.74) is 0. The van der Waals surface area contributed by atoms with Crippen molar-refractivity contribution in [2.75, 3.05) is 0 Å². The Kier molecular flexibility index (Phi) is 12.0. The minimum absolute atomic E-state index is 0.939. The molecule has 0 saturated heterocycles. The first-order chi connectivity index (χ1) is 12.2. The van der Waals surface area contributed by atoms with Gasteiger partial charge < -0.3 is 9.84 Å². The van der Waals surface area contributed by atoms with Crippen LogP contribution in [0.3, 0.4) is 0 Å². The Morgan fingerprint density at radius 1 is 0.840 bits per heavy atom. The highest BCUT2D eigenvalue weighted by atomic mass is 16.6. The number of rotatable bonds is 15. The third-order valence-electron chi connectivity index (χ3n) is 4.02. The Balaban J connectivity index is 2.00. The van der Waals surface area contributed by atoms with E-state index in [0.717, 1.165) is 24.0 Å². The average Bonchev–Trinajstić information content (AvgIpc) is 3.34. The lowest BCUT2D eigenvalue weighted by atomic mass is 10.1. The molecule has 1 rings (SSSR count). The van der Waals surface area contributed by atoms with Crippen molar-refractivity contribution in [2.45, 2.75) is 71.1 Å². The number of aliphatic carboxylic acids is 1. The molecule has 0 unspecified atom stereocenters. The van der Waals surface area contributed by atoms with E-state index in [9.17, 15) is 4.79 Å². The number of carboxylic acids is 1. The van der Waals surface area contributed by atoms with Gasteiger partial charge in [-0.1, -0.05) is 94.7 Å². The SMILES string of the molecule is CCCCCCCCCCCC1=C(C=CC=CC=CC=CC(=O)O)O1. The fourth-order valence-corrected chi connectivity index (χ4v) is 2.54. The quantitative estimate of drug-likeness (QED) is 0.211. The summed E-state index contributed by atoms with van der Waals surface area (Å²) in [6.45, 7) is 2.26. The van der Waals surface area contributed by atoms with Crippen molar-refractivity contribution in [3.63, 3.8) is 0 Å². The summed E-state index contributed by atoms with van der Waals surface area (Å²) in [4.78, 5) is 10.3. The molecule has 138 valence electrons. The van der Waals surface area contributed by atoms with Gasteiger partial charge in [-0.15, -0.1) is 0 Å². The van der Waals surface area contributed by atoms with E-state index in [2.05, 4.69) is 6.92 Å². The van der Waals surface area contributed by atoms with Crippen LogP contribution in [0.4, 0.5) is 0 Å². The van der Waals surface area contributed by atoms with Gasteiger partial charge >= 0.3 is 5.97 Å². The Labute approximate surface area is 152 Å². The molecule has 1 heterocycles. The summed E-state index contributed by atoms with van der Waals surface area (Å²) in [5.74, 6) is 1.19. The van der Waals surface area contributed by atoms with E-state index >= 15 is 0 Å². The first-order valence-electron chi connectivity index (χ1n) is 9.56. The lowest BCUT2D eigenvalue weighted by Crippen LogP contribution is -1.84. The van der Waals surface area contributed by atoms with Crippen molar-refractivity contribution in [1.29, 1.82) is 0 Å². The molecule has 0 aromatic carbocycles. The molecule has 1 N–H and O–H groups in total. The second-order valence-electron chi connectivity index (χ2n) is 6.29. The molecule has 0 fully saturated rings. The normalized spacial score (nSPS) is 14.4. The number of carbonyl (C=O) groups is 1. The average molecular weight is 344 g/mol. The summed E-state index contributed by atoms with van der Waals surface area (Å²) in [6.07, 6.45) is 26.9. The maximum absolute atomic E-state index is 10.3. The summed E-state index contributed by atoms with van der Waals surface area (Å²) in [6, 6.07) is 0. The number of ether oxygens (including phenoxy) is 1. The number of hydrogen-bond donors (Lipinski definition) is 1. The van der Waals surface area contributed by atoms with Gasteiger partial charge in [-0.2, -0.15) is 0 Å². The van der Waals surface area contributed by atoms with Crippen LogP contribution in [0, 0.1) is 0 Å². The maximum atomic E-state index is 10.3. The van der Waals surface area contributed by atoms with Crippen molar-refractivity contribution in [2.24, 2.45) is 0 Å². The molecule has 0 bridgehead atoms. The number of allylic oxidation sites excluding steroid dienone is 8. The molecule has 0 saturated carbocycles. The van der Waals surface area contributed by atoms with Gasteiger partial charge in [0.05, 0.1) is 0 Å². The van der Waals surface area contributed by atoms with E-state index < -0.39 is 5.97 Å². The van der Waals surface area contributed by atoms with Crippen LogP contribution in [-0.4, -0.2) is 11.1 Å². The third-order valence-corrected chi connectivity index (χ3v) is 4.02. The number of unbranched alkanes of at least 4 members (excludes halogenated alkanes) is 8. The molecule has 0 aliphatic carbocycles. The number of carboxylic acid groups (broad SMARTS) is 1. The fourth-order valence-electron chi connectivity index (χ4n) is 2.54. The lowest BCUT2D eigenvalue weighted by Gasteiger charge is -2.00. The molecular formula is C22H32O3. The van der Waals surface area contributed by atoms with Crippen LogP contribution >= 0.6 is 0 Å². The second-order valence-corrected chi connectivity index (χ2v) is 6.29. The van der Waals surface area contributed by atoms with Gasteiger partial charge in [-0.3, -0.25) is 0 Å². The highest BCUT2D eigenvalue weighted by Crippen LogP contribution is 2.32. The zero-order chi connectivity index (χ0) is 18.2. The van der Waals surface area contributed by atoms with Crippen LogP contribution in [0.15, 0.2) is 60.1 Å². The fraction of sp³-hybridized carbons (Fsp3) is 0.500. The molecule has 1 aliphatic rings. The number of hydrogen-bond acceptors (Lipinski definition) is 2. The monoisotopic (exact) mass is 344 g/mol. The van der Waals surface area contributed by atoms with Crippen LogP contribution in [0.25, 0.3) is 0 Å². The van der Waals surface area contributed by atoms with Crippen molar-refractivity contribution < 1.29 is 14.6 Å². The Bertz CT molecular complexity index is 521. The zero-order valence-corrected chi connectivity index (χ0v) is 15.5. The molecule has 3 heteroatoms. The van der Waals surface area contributed by atoms with Gasteiger partial charge in [0.2, 0.25) is 0 Å². The predicted molar refractivity (Wildman–Crippen MR) is 104 cm³/mol. The van der Waals surface area contributed by atoms with Crippen molar-refractivity contribution in [1.82, 2.24) is 0 Å². The molecule has 0 aromatic heterocycles. The molecule has 1 aliphatic heterocycles. The van der Waals surface area contributed by atoms with E-state index in [1.807, 2.05) is 24.3 Å². The standard InChI is InChI=1S/C22H32O3/c1-2-3-4-5-6-7-8-11-14-17-20-21(25-20)18-15-12-9-10-13-16-19-22(23)24/h9-10,12-13,15-16,18-19H,2-8,11,14,17H2,1H3,(H,23,24). The topological polar surface area (TPSA) is 49.8 Å². The summed E-state index contributed by atoms with van der Waals surface area (Å²) < 4.78 is 5.48. The van der Waals surface area contributed by atoms with Gasteiger partial charge in [0.15, 0.2) is 5.76 Å². The minimum Gasteiger partial charge on any atom is -0.478 e. The van der Waals surface area contributed by atoms with Crippen LogP contribution < -0.4 is 0 Å². The summed E-state index contributed by atoms with van der Waals surface area (Å²) in [5, 5.41) is 8.42. The summed E-state index contributed by atoms with van der Waals surface area (Å²) in [7, 11) is 0. The Morgan fingerprint density at radius 2 is 1.40 bits per heavy atom. The largest absolute Gasteiger partial charge is 0.478 e.